The summed E-state index contributed by atoms with van der Waals surface area (Å²) in [5, 5.41) is 2.59. The maximum atomic E-state index is 6.41. The van der Waals surface area contributed by atoms with Crippen molar-refractivity contribution in [1.29, 1.82) is 0 Å². The molecule has 0 atom stereocenters. The molecule has 94 valence electrons. The molecule has 0 saturated heterocycles. The Morgan fingerprint density at radius 2 is 1.11 bits per heavy atom. The molecule has 0 spiro atoms. The van der Waals surface area contributed by atoms with E-state index in [1.54, 1.807) is 0 Å². The molecule has 0 aliphatic rings. The molecule has 0 aromatic heterocycles. The summed E-state index contributed by atoms with van der Waals surface area (Å²) in [4.78, 5) is 0. The first-order chi connectivity index (χ1) is 8.56. The summed E-state index contributed by atoms with van der Waals surface area (Å²) in [6.45, 7) is 6.73. The Kier molecular flexibility index (Phi) is 4.34. The van der Waals surface area contributed by atoms with E-state index in [9.17, 15) is 0 Å². The van der Waals surface area contributed by atoms with Crippen molar-refractivity contribution in [3.63, 3.8) is 0 Å². The zero-order chi connectivity index (χ0) is 13.0. The minimum atomic E-state index is -1.56. The normalized spacial score (nSPS) is 11.8. The van der Waals surface area contributed by atoms with Crippen LogP contribution in [-0.2, 0) is 4.21 Å². The van der Waals surface area contributed by atoms with E-state index >= 15 is 0 Å². The van der Waals surface area contributed by atoms with E-state index in [2.05, 4.69) is 80.3 Å². The molecule has 18 heavy (non-hydrogen) atoms. The molecule has 0 unspecified atom stereocenters. The predicted octanol–water partition coefficient (Wildman–Crippen LogP) is 3.89. The molecule has 2 aromatic rings. The first-order valence-electron chi connectivity index (χ1n) is 6.16. The number of hydrogen-bond acceptors (Lipinski definition) is 1. The lowest BCUT2D eigenvalue weighted by Gasteiger charge is -2.26. The summed E-state index contributed by atoms with van der Waals surface area (Å²) in [6.07, 6.45) is 0. The van der Waals surface area contributed by atoms with Crippen LogP contribution in [0.25, 0.3) is 0 Å². The van der Waals surface area contributed by atoms with Crippen LogP contribution in [0.4, 0.5) is 0 Å². The van der Waals surface area contributed by atoms with Gasteiger partial charge < -0.3 is 4.21 Å². The molecule has 0 heterocycles. The van der Waals surface area contributed by atoms with Crippen LogP contribution < -0.4 is 10.6 Å². The fourth-order valence-electron chi connectivity index (χ4n) is 1.66. The van der Waals surface area contributed by atoms with Crippen LogP contribution in [0.3, 0.4) is 0 Å². The molecule has 0 fully saturated rings. The minimum absolute atomic E-state index is 0.677. The molecule has 0 saturated carbocycles. The molecule has 0 radical (unpaired) electrons. The van der Waals surface area contributed by atoms with Gasteiger partial charge in [-0.25, -0.2) is 0 Å². The first kappa shape index (κ1) is 13.5. The maximum absolute atomic E-state index is 6.41. The maximum Gasteiger partial charge on any atom is 0.189 e. The standard InChI is InChI=1S/C15H19OPSi/c1-18(2,3)16-17(14-10-6-4-7-11-14)15-12-8-5-9-13-15/h4-13H,1-3H3. The SMILES string of the molecule is C[Si](C)(C)OP(c1ccccc1)c1ccccc1. The van der Waals surface area contributed by atoms with E-state index in [1.165, 1.54) is 10.6 Å². The number of hydrogen-bond donors (Lipinski definition) is 0. The fourth-order valence-corrected chi connectivity index (χ4v) is 5.87. The van der Waals surface area contributed by atoms with Crippen LogP contribution in [0.1, 0.15) is 0 Å². The minimum Gasteiger partial charge on any atom is -0.389 e. The highest BCUT2D eigenvalue weighted by Gasteiger charge is 2.23. The van der Waals surface area contributed by atoms with Crippen molar-refractivity contribution in [3.05, 3.63) is 60.7 Å². The van der Waals surface area contributed by atoms with Gasteiger partial charge >= 0.3 is 0 Å². The van der Waals surface area contributed by atoms with Crippen molar-refractivity contribution in [2.45, 2.75) is 19.6 Å². The third kappa shape index (κ3) is 3.77. The highest BCUT2D eigenvalue weighted by atomic mass is 31.1. The monoisotopic (exact) mass is 274 g/mol. The van der Waals surface area contributed by atoms with Crippen LogP contribution in [0.15, 0.2) is 60.7 Å². The first-order valence-corrected chi connectivity index (χ1v) is 10.8. The van der Waals surface area contributed by atoms with E-state index in [1.807, 2.05) is 0 Å². The van der Waals surface area contributed by atoms with Gasteiger partial charge in [0.05, 0.1) is 8.15 Å². The summed E-state index contributed by atoms with van der Waals surface area (Å²) in [5.41, 5.74) is 0. The summed E-state index contributed by atoms with van der Waals surface area (Å²) < 4.78 is 6.41. The molecular formula is C15H19OPSi. The lowest BCUT2D eigenvalue weighted by Crippen LogP contribution is -2.28. The van der Waals surface area contributed by atoms with E-state index in [-0.39, 0.29) is 0 Å². The van der Waals surface area contributed by atoms with Gasteiger partial charge in [-0.3, -0.25) is 0 Å². The second-order valence-electron chi connectivity index (χ2n) is 5.17. The van der Waals surface area contributed by atoms with Gasteiger partial charge in [0, 0.05) is 10.6 Å². The van der Waals surface area contributed by atoms with Gasteiger partial charge in [-0.1, -0.05) is 60.7 Å². The number of rotatable bonds is 4. The van der Waals surface area contributed by atoms with Gasteiger partial charge in [0.25, 0.3) is 0 Å². The Morgan fingerprint density at radius 3 is 1.44 bits per heavy atom. The zero-order valence-corrected chi connectivity index (χ0v) is 13.0. The van der Waals surface area contributed by atoms with Crippen molar-refractivity contribution in [1.82, 2.24) is 0 Å². The van der Waals surface area contributed by atoms with Crippen molar-refractivity contribution in [3.8, 4) is 0 Å². The molecule has 2 aromatic carbocycles. The molecule has 3 heteroatoms. The third-order valence-corrected chi connectivity index (χ3v) is 6.80. The molecule has 0 aliphatic carbocycles. The molecule has 2 rings (SSSR count). The van der Waals surface area contributed by atoms with E-state index < -0.39 is 16.5 Å². The second-order valence-corrected chi connectivity index (χ2v) is 11.7. The van der Waals surface area contributed by atoms with Gasteiger partial charge in [0.1, 0.15) is 0 Å². The lowest BCUT2D eigenvalue weighted by atomic mass is 10.4. The molecule has 0 bridgehead atoms. The van der Waals surface area contributed by atoms with Crippen LogP contribution in [0, 0.1) is 0 Å². The van der Waals surface area contributed by atoms with Crippen molar-refractivity contribution < 1.29 is 4.21 Å². The molecule has 0 N–H and O–H groups in total. The van der Waals surface area contributed by atoms with Gasteiger partial charge in [0.15, 0.2) is 8.32 Å². The van der Waals surface area contributed by atoms with Gasteiger partial charge in [-0.05, 0) is 19.6 Å². The highest BCUT2D eigenvalue weighted by molar-refractivity contribution is 7.69. The summed E-state index contributed by atoms with van der Waals surface area (Å²) >= 11 is 0. The van der Waals surface area contributed by atoms with Crippen molar-refractivity contribution >= 4 is 27.1 Å². The Balaban J connectivity index is 2.36. The number of benzene rings is 2. The molecule has 1 nitrogen and oxygen atoms in total. The highest BCUT2D eigenvalue weighted by Crippen LogP contribution is 2.38. The van der Waals surface area contributed by atoms with E-state index in [0.717, 1.165) is 0 Å². The van der Waals surface area contributed by atoms with Gasteiger partial charge in [-0.2, -0.15) is 0 Å². The summed E-state index contributed by atoms with van der Waals surface area (Å²) in [6, 6.07) is 21.1. The Labute approximate surface area is 112 Å². The average Bonchev–Trinajstić information content (AvgIpc) is 2.37. The topological polar surface area (TPSA) is 9.23 Å². The predicted molar refractivity (Wildman–Crippen MR) is 83.5 cm³/mol. The van der Waals surface area contributed by atoms with Crippen LogP contribution in [0.5, 0.6) is 0 Å². The van der Waals surface area contributed by atoms with Crippen LogP contribution in [0.2, 0.25) is 19.6 Å². The second kappa shape index (κ2) is 5.79. The Hall–Kier alpha value is -0.953. The van der Waals surface area contributed by atoms with Gasteiger partial charge in [0.2, 0.25) is 0 Å². The summed E-state index contributed by atoms with van der Waals surface area (Å²) in [5.74, 6) is 0. The average molecular weight is 274 g/mol. The quantitative estimate of drug-likeness (QED) is 0.607. The Bertz CT molecular complexity index is 439. The fraction of sp³-hybridized carbons (Fsp3) is 0.200. The summed E-state index contributed by atoms with van der Waals surface area (Å²) in [7, 11) is -2.23. The molecule has 0 amide bonds. The third-order valence-electron chi connectivity index (χ3n) is 2.35. The van der Waals surface area contributed by atoms with Gasteiger partial charge in [-0.15, -0.1) is 0 Å². The van der Waals surface area contributed by atoms with Crippen molar-refractivity contribution in [2.24, 2.45) is 0 Å². The van der Waals surface area contributed by atoms with E-state index in [0.29, 0.717) is 0 Å². The smallest absolute Gasteiger partial charge is 0.189 e. The Morgan fingerprint density at radius 1 is 0.722 bits per heavy atom. The van der Waals surface area contributed by atoms with Crippen molar-refractivity contribution in [2.75, 3.05) is 0 Å². The zero-order valence-electron chi connectivity index (χ0n) is 11.1. The largest absolute Gasteiger partial charge is 0.389 e. The van der Waals surface area contributed by atoms with E-state index in [4.69, 9.17) is 4.21 Å². The molecular weight excluding hydrogens is 255 g/mol. The lowest BCUT2D eigenvalue weighted by molar-refractivity contribution is 0.634. The van der Waals surface area contributed by atoms with Crippen LogP contribution in [-0.4, -0.2) is 8.32 Å². The van der Waals surface area contributed by atoms with Crippen LogP contribution >= 0.6 is 8.15 Å². The molecule has 0 aliphatic heterocycles.